The van der Waals surface area contributed by atoms with Crippen molar-refractivity contribution in [3.8, 4) is 31.7 Å². The summed E-state index contributed by atoms with van der Waals surface area (Å²) < 4.78 is 110. The molecule has 0 unspecified atom stereocenters. The van der Waals surface area contributed by atoms with Crippen molar-refractivity contribution in [2.75, 3.05) is 0 Å². The van der Waals surface area contributed by atoms with Crippen LogP contribution in [0.5, 0.6) is 0 Å². The molecule has 0 bridgehead atoms. The summed E-state index contributed by atoms with van der Waals surface area (Å²) in [5.74, 6) is 0. The van der Waals surface area contributed by atoms with Crippen molar-refractivity contribution in [1.82, 2.24) is 15.0 Å². The Labute approximate surface area is 281 Å². The fourth-order valence-electron chi connectivity index (χ4n) is 3.39. The Kier molecular flexibility index (Phi) is 12.8. The van der Waals surface area contributed by atoms with Crippen molar-refractivity contribution < 1.29 is 59.6 Å². The van der Waals surface area contributed by atoms with Crippen LogP contribution in [0, 0.1) is 0 Å². The normalized spacial score (nSPS) is 11.4. The maximum Gasteiger partial charge on any atom is 3.00 e. The number of hydrogen-bond acceptors (Lipinski definition) is 6. The van der Waals surface area contributed by atoms with Gasteiger partial charge in [0.25, 0.3) is 0 Å². The fraction of sp³-hybridized carbons (Fsp3) is 0.100. The smallest absolute Gasteiger partial charge is 0.255 e. The standard InChI is InChI=1S/3C10H6F3NS.Ir/c3*11-10(12,13)7-3-4-8(14-6-7)9-2-1-5-15-9;/h3*1-6H;/q;;;+3. The molecular weight excluding hydrogens is 862 g/mol. The Morgan fingerprint density at radius 3 is 0.804 bits per heavy atom. The molecule has 3 nitrogen and oxygen atoms in total. The van der Waals surface area contributed by atoms with Gasteiger partial charge in [0, 0.05) is 18.6 Å². The SMILES string of the molecule is FC(F)(F)c1ccc(-c2cccs2)nc1.FC(F)(F)c1ccc(-c2cccs2)nc1.FC(F)(F)c1ccc(-c2cccs2)nc1.[Ir+3]. The second kappa shape index (κ2) is 15.9. The number of thiophene rings is 3. The number of rotatable bonds is 3. The summed E-state index contributed by atoms with van der Waals surface area (Å²) in [4.78, 5) is 13.9. The van der Waals surface area contributed by atoms with E-state index in [0.717, 1.165) is 51.4 Å². The van der Waals surface area contributed by atoms with Crippen LogP contribution in [0.4, 0.5) is 39.5 Å². The minimum atomic E-state index is -4.32. The van der Waals surface area contributed by atoms with Crippen LogP contribution >= 0.6 is 34.0 Å². The quantitative estimate of drug-likeness (QED) is 0.166. The van der Waals surface area contributed by atoms with Crippen LogP contribution in [0.2, 0.25) is 0 Å². The fourth-order valence-corrected chi connectivity index (χ4v) is 5.50. The molecule has 240 valence electrons. The predicted molar refractivity (Wildman–Crippen MR) is 158 cm³/mol. The third-order valence-corrected chi connectivity index (χ3v) is 8.27. The number of aromatic nitrogens is 3. The van der Waals surface area contributed by atoms with Gasteiger partial charge in [-0.05, 0) is 70.7 Å². The molecule has 0 amide bonds. The molecule has 0 N–H and O–H groups in total. The molecule has 0 aromatic carbocycles. The molecule has 0 saturated heterocycles. The molecule has 46 heavy (non-hydrogen) atoms. The molecule has 0 aliphatic heterocycles. The minimum Gasteiger partial charge on any atom is -0.255 e. The Morgan fingerprint density at radius 2 is 0.652 bits per heavy atom. The summed E-state index contributed by atoms with van der Waals surface area (Å²) in [6.45, 7) is 0. The van der Waals surface area contributed by atoms with Gasteiger partial charge in [-0.3, -0.25) is 15.0 Å². The second-order valence-electron chi connectivity index (χ2n) is 8.72. The van der Waals surface area contributed by atoms with E-state index in [0.29, 0.717) is 17.1 Å². The molecule has 6 aromatic rings. The number of halogens is 9. The van der Waals surface area contributed by atoms with Gasteiger partial charge in [-0.1, -0.05) is 18.2 Å². The average Bonchev–Trinajstić information content (AvgIpc) is 3.81. The number of pyridine rings is 3. The van der Waals surface area contributed by atoms with E-state index in [4.69, 9.17) is 0 Å². The molecule has 16 heteroatoms. The summed E-state index contributed by atoms with van der Waals surface area (Å²) in [5, 5.41) is 5.57. The number of hydrogen-bond donors (Lipinski definition) is 0. The van der Waals surface area contributed by atoms with E-state index in [-0.39, 0.29) is 20.1 Å². The third kappa shape index (κ3) is 10.6. The van der Waals surface area contributed by atoms with Gasteiger partial charge in [0.1, 0.15) is 0 Å². The van der Waals surface area contributed by atoms with Crippen molar-refractivity contribution in [1.29, 1.82) is 0 Å². The molecule has 0 atom stereocenters. The van der Waals surface area contributed by atoms with Crippen LogP contribution < -0.4 is 0 Å². The first-order valence-electron chi connectivity index (χ1n) is 12.4. The topological polar surface area (TPSA) is 38.7 Å². The Morgan fingerprint density at radius 1 is 0.391 bits per heavy atom. The van der Waals surface area contributed by atoms with Crippen LogP contribution in [0.3, 0.4) is 0 Å². The average molecular weight is 880 g/mol. The van der Waals surface area contributed by atoms with Gasteiger partial charge in [0.15, 0.2) is 0 Å². The summed E-state index contributed by atoms with van der Waals surface area (Å²) in [5.41, 5.74) is -0.456. The zero-order valence-corrected chi connectivity index (χ0v) is 27.5. The van der Waals surface area contributed by atoms with Gasteiger partial charge >= 0.3 is 38.6 Å². The monoisotopic (exact) mass is 880 g/mol. The zero-order valence-electron chi connectivity index (χ0n) is 22.7. The first-order chi connectivity index (χ1) is 21.2. The first kappa shape index (κ1) is 37.0. The van der Waals surface area contributed by atoms with E-state index in [1.54, 1.807) is 0 Å². The van der Waals surface area contributed by atoms with E-state index < -0.39 is 35.2 Å². The third-order valence-electron chi connectivity index (χ3n) is 5.59. The summed E-state index contributed by atoms with van der Waals surface area (Å²) >= 11 is 4.34. The van der Waals surface area contributed by atoms with Crippen LogP contribution in [0.15, 0.2) is 108 Å². The molecule has 6 rings (SSSR count). The summed E-state index contributed by atoms with van der Waals surface area (Å²) in [6.07, 6.45) is -10.4. The van der Waals surface area contributed by atoms with Crippen LogP contribution in [-0.4, -0.2) is 15.0 Å². The number of alkyl halides is 9. The summed E-state index contributed by atoms with van der Waals surface area (Å²) in [6, 6.07) is 18.2. The van der Waals surface area contributed by atoms with E-state index in [1.807, 2.05) is 52.5 Å². The van der Waals surface area contributed by atoms with E-state index in [1.165, 1.54) is 52.2 Å². The van der Waals surface area contributed by atoms with Crippen molar-refractivity contribution in [3.05, 3.63) is 124 Å². The molecule has 0 aliphatic rings. The van der Waals surface area contributed by atoms with Crippen LogP contribution in [-0.2, 0) is 38.6 Å². The molecule has 0 fully saturated rings. The Bertz CT molecular complexity index is 1510. The second-order valence-corrected chi connectivity index (χ2v) is 11.6. The van der Waals surface area contributed by atoms with Crippen molar-refractivity contribution in [2.24, 2.45) is 0 Å². The Hall–Kier alpha value is -3.43. The van der Waals surface area contributed by atoms with Crippen LogP contribution in [0.1, 0.15) is 16.7 Å². The first-order valence-corrected chi connectivity index (χ1v) is 15.1. The van der Waals surface area contributed by atoms with Gasteiger partial charge < -0.3 is 0 Å². The minimum absolute atomic E-state index is 0. The van der Waals surface area contributed by atoms with Gasteiger partial charge in [-0.25, -0.2) is 0 Å². The maximum absolute atomic E-state index is 12.2. The van der Waals surface area contributed by atoms with Crippen molar-refractivity contribution >= 4 is 34.0 Å². The Balaban J connectivity index is 0.000000186. The molecule has 0 radical (unpaired) electrons. The van der Waals surface area contributed by atoms with Crippen molar-refractivity contribution in [2.45, 2.75) is 18.5 Å². The molecule has 6 heterocycles. The summed E-state index contributed by atoms with van der Waals surface area (Å²) in [7, 11) is 0. The van der Waals surface area contributed by atoms with Gasteiger partial charge in [-0.15, -0.1) is 34.0 Å². The molecular formula is C30H18F9IrN3S3+3. The van der Waals surface area contributed by atoms with E-state index in [9.17, 15) is 39.5 Å². The zero-order chi connectivity index (χ0) is 32.7. The van der Waals surface area contributed by atoms with Gasteiger partial charge in [-0.2, -0.15) is 39.5 Å². The largest absolute Gasteiger partial charge is 3.00 e. The van der Waals surface area contributed by atoms with Crippen molar-refractivity contribution in [3.63, 3.8) is 0 Å². The maximum atomic E-state index is 12.2. The predicted octanol–water partition coefficient (Wildman–Crippen LogP) is 11.5. The molecule has 0 aliphatic carbocycles. The van der Waals surface area contributed by atoms with Gasteiger partial charge in [0.2, 0.25) is 0 Å². The molecule has 6 aromatic heterocycles. The van der Waals surface area contributed by atoms with Crippen LogP contribution in [0.25, 0.3) is 31.7 Å². The molecule has 0 saturated carbocycles. The number of nitrogens with zero attached hydrogens (tertiary/aromatic N) is 3. The van der Waals surface area contributed by atoms with E-state index in [2.05, 4.69) is 15.0 Å². The molecule has 0 spiro atoms. The van der Waals surface area contributed by atoms with E-state index >= 15 is 0 Å². The van der Waals surface area contributed by atoms with Gasteiger partial charge in [0.05, 0.1) is 48.4 Å².